The molecule has 0 bridgehead atoms. The number of piperidine rings is 1. The minimum atomic E-state index is 0.132. The van der Waals surface area contributed by atoms with E-state index in [-0.39, 0.29) is 5.91 Å². The van der Waals surface area contributed by atoms with E-state index < -0.39 is 0 Å². The van der Waals surface area contributed by atoms with E-state index in [0.717, 1.165) is 42.3 Å². The summed E-state index contributed by atoms with van der Waals surface area (Å²) in [5, 5.41) is 2.60. The van der Waals surface area contributed by atoms with Crippen LogP contribution in [0.15, 0.2) is 36.4 Å². The Hall–Kier alpha value is -1.54. The summed E-state index contributed by atoms with van der Waals surface area (Å²) < 4.78 is 0. The Morgan fingerprint density at radius 2 is 1.63 bits per heavy atom. The molecule has 0 radical (unpaired) electrons. The van der Waals surface area contributed by atoms with Gasteiger partial charge >= 0.3 is 0 Å². The molecule has 19 heavy (non-hydrogen) atoms. The third kappa shape index (κ3) is 2.33. The summed E-state index contributed by atoms with van der Waals surface area (Å²) in [6.07, 6.45) is 3.44. The second kappa shape index (κ2) is 5.22. The van der Waals surface area contributed by atoms with Crippen molar-refractivity contribution in [2.45, 2.75) is 19.3 Å². The molecule has 1 heterocycles. The van der Waals surface area contributed by atoms with Crippen LogP contribution in [0.2, 0.25) is 5.02 Å². The third-order valence-electron chi connectivity index (χ3n) is 3.74. The maximum Gasteiger partial charge on any atom is 0.254 e. The van der Waals surface area contributed by atoms with E-state index in [1.807, 2.05) is 41.3 Å². The van der Waals surface area contributed by atoms with Gasteiger partial charge in [-0.05, 0) is 36.8 Å². The molecule has 0 atom stereocenters. The largest absolute Gasteiger partial charge is 0.339 e. The molecule has 1 saturated heterocycles. The number of fused-ring (bicyclic) bond motifs is 1. The Labute approximate surface area is 118 Å². The summed E-state index contributed by atoms with van der Waals surface area (Å²) >= 11 is 6.19. The van der Waals surface area contributed by atoms with Crippen LogP contribution in [0.5, 0.6) is 0 Å². The normalized spacial score (nSPS) is 15.7. The van der Waals surface area contributed by atoms with E-state index in [1.165, 1.54) is 6.42 Å². The van der Waals surface area contributed by atoms with Crippen LogP contribution in [0.25, 0.3) is 10.8 Å². The molecule has 1 fully saturated rings. The predicted octanol–water partition coefficient (Wildman–Crippen LogP) is 4.12. The Bertz CT molecular complexity index is 617. The zero-order valence-electron chi connectivity index (χ0n) is 10.7. The summed E-state index contributed by atoms with van der Waals surface area (Å²) in [5.74, 6) is 0.132. The highest BCUT2D eigenvalue weighted by Crippen LogP contribution is 2.27. The van der Waals surface area contributed by atoms with Crippen molar-refractivity contribution >= 4 is 28.3 Å². The highest BCUT2D eigenvalue weighted by atomic mass is 35.5. The zero-order valence-corrected chi connectivity index (χ0v) is 11.5. The number of likely N-dealkylation sites (tertiary alicyclic amines) is 1. The zero-order chi connectivity index (χ0) is 13.2. The van der Waals surface area contributed by atoms with Crippen molar-refractivity contribution in [2.75, 3.05) is 13.1 Å². The number of nitrogens with zero attached hydrogens (tertiary/aromatic N) is 1. The number of carbonyl (C=O) groups excluding carboxylic acids is 1. The van der Waals surface area contributed by atoms with Gasteiger partial charge in [-0.25, -0.2) is 0 Å². The predicted molar refractivity (Wildman–Crippen MR) is 78.7 cm³/mol. The van der Waals surface area contributed by atoms with Crippen LogP contribution in [-0.2, 0) is 0 Å². The first-order valence-electron chi connectivity index (χ1n) is 6.74. The lowest BCUT2D eigenvalue weighted by Crippen LogP contribution is -2.35. The van der Waals surface area contributed by atoms with Gasteiger partial charge in [0.25, 0.3) is 5.91 Å². The summed E-state index contributed by atoms with van der Waals surface area (Å²) in [6.45, 7) is 1.74. The molecule has 0 aliphatic carbocycles. The smallest absolute Gasteiger partial charge is 0.254 e. The number of hydrogen-bond acceptors (Lipinski definition) is 1. The monoisotopic (exact) mass is 273 g/mol. The van der Waals surface area contributed by atoms with Crippen LogP contribution in [-0.4, -0.2) is 23.9 Å². The molecule has 2 aromatic rings. The number of rotatable bonds is 1. The quantitative estimate of drug-likeness (QED) is 0.765. The van der Waals surface area contributed by atoms with Crippen LogP contribution in [0.3, 0.4) is 0 Å². The molecule has 3 rings (SSSR count). The molecule has 1 aliphatic heterocycles. The van der Waals surface area contributed by atoms with Gasteiger partial charge in [-0.15, -0.1) is 0 Å². The van der Waals surface area contributed by atoms with Gasteiger partial charge in [-0.1, -0.05) is 35.9 Å². The summed E-state index contributed by atoms with van der Waals surface area (Å²) in [6, 6.07) is 11.5. The average molecular weight is 274 g/mol. The standard InChI is InChI=1S/C16H16ClNO/c17-15-9-5-6-12-13(15)7-4-8-14(12)16(19)18-10-2-1-3-11-18/h4-9H,1-3,10-11H2. The first-order chi connectivity index (χ1) is 9.27. The average Bonchev–Trinajstić information content (AvgIpc) is 2.47. The highest BCUT2D eigenvalue weighted by molar-refractivity contribution is 6.36. The van der Waals surface area contributed by atoms with Gasteiger partial charge in [-0.2, -0.15) is 0 Å². The SMILES string of the molecule is O=C(c1cccc2c(Cl)cccc12)N1CCCCC1. The summed E-state index contributed by atoms with van der Waals surface area (Å²) in [5.41, 5.74) is 0.766. The van der Waals surface area contributed by atoms with Gasteiger partial charge < -0.3 is 4.90 Å². The van der Waals surface area contributed by atoms with E-state index in [0.29, 0.717) is 5.02 Å². The lowest BCUT2D eigenvalue weighted by molar-refractivity contribution is 0.0726. The molecule has 1 amide bonds. The van der Waals surface area contributed by atoms with Crippen LogP contribution in [0, 0.1) is 0 Å². The van der Waals surface area contributed by atoms with E-state index in [1.54, 1.807) is 0 Å². The molecule has 0 N–H and O–H groups in total. The summed E-state index contributed by atoms with van der Waals surface area (Å²) in [4.78, 5) is 14.6. The van der Waals surface area contributed by atoms with E-state index in [2.05, 4.69) is 0 Å². The lowest BCUT2D eigenvalue weighted by Gasteiger charge is -2.27. The molecule has 3 heteroatoms. The second-order valence-electron chi connectivity index (χ2n) is 4.99. The molecule has 2 nitrogen and oxygen atoms in total. The molecular weight excluding hydrogens is 258 g/mol. The molecule has 1 aliphatic rings. The summed E-state index contributed by atoms with van der Waals surface area (Å²) in [7, 11) is 0. The first-order valence-corrected chi connectivity index (χ1v) is 7.12. The van der Waals surface area contributed by atoms with Gasteiger partial charge in [0.2, 0.25) is 0 Å². The van der Waals surface area contributed by atoms with Crippen LogP contribution >= 0.6 is 11.6 Å². The van der Waals surface area contributed by atoms with E-state index in [9.17, 15) is 4.79 Å². The minimum absolute atomic E-state index is 0.132. The van der Waals surface area contributed by atoms with Gasteiger partial charge in [0, 0.05) is 29.1 Å². The minimum Gasteiger partial charge on any atom is -0.339 e. The van der Waals surface area contributed by atoms with E-state index in [4.69, 9.17) is 11.6 Å². The van der Waals surface area contributed by atoms with E-state index >= 15 is 0 Å². The maximum atomic E-state index is 12.6. The van der Waals surface area contributed by atoms with Crippen molar-refractivity contribution in [3.8, 4) is 0 Å². The van der Waals surface area contributed by atoms with Crippen molar-refractivity contribution in [3.05, 3.63) is 47.0 Å². The first kappa shape index (κ1) is 12.5. The number of amides is 1. The fraction of sp³-hybridized carbons (Fsp3) is 0.312. The molecule has 0 unspecified atom stereocenters. The van der Waals surface area contributed by atoms with Crippen molar-refractivity contribution in [1.29, 1.82) is 0 Å². The highest BCUT2D eigenvalue weighted by Gasteiger charge is 2.19. The van der Waals surface area contributed by atoms with Crippen molar-refractivity contribution < 1.29 is 4.79 Å². The van der Waals surface area contributed by atoms with Crippen LogP contribution in [0.1, 0.15) is 29.6 Å². The lowest BCUT2D eigenvalue weighted by atomic mass is 10.0. The molecule has 2 aromatic carbocycles. The Morgan fingerprint density at radius 1 is 0.947 bits per heavy atom. The van der Waals surface area contributed by atoms with Crippen LogP contribution in [0.4, 0.5) is 0 Å². The van der Waals surface area contributed by atoms with Crippen molar-refractivity contribution in [3.63, 3.8) is 0 Å². The molecule has 0 saturated carbocycles. The van der Waals surface area contributed by atoms with Gasteiger partial charge in [0.15, 0.2) is 0 Å². The maximum absolute atomic E-state index is 12.6. The Kier molecular flexibility index (Phi) is 3.43. The fourth-order valence-electron chi connectivity index (χ4n) is 2.73. The van der Waals surface area contributed by atoms with Gasteiger partial charge in [0.05, 0.1) is 0 Å². The molecule has 0 aromatic heterocycles. The number of benzene rings is 2. The molecule has 0 spiro atoms. The van der Waals surface area contributed by atoms with Crippen molar-refractivity contribution in [1.82, 2.24) is 4.90 Å². The Morgan fingerprint density at radius 3 is 2.42 bits per heavy atom. The third-order valence-corrected chi connectivity index (χ3v) is 4.07. The van der Waals surface area contributed by atoms with Gasteiger partial charge in [0.1, 0.15) is 0 Å². The molecular formula is C16H16ClNO. The van der Waals surface area contributed by atoms with Crippen molar-refractivity contribution in [2.24, 2.45) is 0 Å². The Balaban J connectivity index is 2.04. The van der Waals surface area contributed by atoms with Crippen LogP contribution < -0.4 is 0 Å². The number of hydrogen-bond donors (Lipinski definition) is 0. The molecule has 98 valence electrons. The second-order valence-corrected chi connectivity index (χ2v) is 5.40. The fourth-order valence-corrected chi connectivity index (χ4v) is 2.96. The number of halogens is 1. The number of carbonyl (C=O) groups is 1. The van der Waals surface area contributed by atoms with Gasteiger partial charge in [-0.3, -0.25) is 4.79 Å². The topological polar surface area (TPSA) is 20.3 Å².